The first-order valence-electron chi connectivity index (χ1n) is 17.5. The van der Waals surface area contributed by atoms with Gasteiger partial charge >= 0.3 is 12.2 Å². The van der Waals surface area contributed by atoms with Gasteiger partial charge in [0, 0.05) is 36.1 Å². The fourth-order valence-corrected chi connectivity index (χ4v) is 6.54. The molecule has 0 bridgehead atoms. The van der Waals surface area contributed by atoms with Gasteiger partial charge < -0.3 is 58.6 Å². The van der Waals surface area contributed by atoms with Gasteiger partial charge in [-0.15, -0.1) is 0 Å². The lowest BCUT2D eigenvalue weighted by Crippen LogP contribution is -2.36. The highest BCUT2D eigenvalue weighted by atomic mass is 32.2. The Hall–Kier alpha value is -3.30. The summed E-state index contributed by atoms with van der Waals surface area (Å²) in [5.74, 6) is 1.12. The Bertz CT molecular complexity index is 1170. The number of nitro groups is 1. The molecule has 2 saturated heterocycles. The number of amides is 3. The van der Waals surface area contributed by atoms with E-state index >= 15 is 0 Å². The summed E-state index contributed by atoms with van der Waals surface area (Å²) < 4.78 is 47.8. The lowest BCUT2D eigenvalue weighted by atomic mass is 10.0. The largest absolute Gasteiger partial charge is 0.513 e. The summed E-state index contributed by atoms with van der Waals surface area (Å²) in [6.07, 6.45) is 2.36. The molecule has 3 N–H and O–H groups in total. The number of benzene rings is 1. The van der Waals surface area contributed by atoms with E-state index in [0.29, 0.717) is 104 Å². The molecule has 52 heavy (non-hydrogen) atoms. The average molecular weight is 761 g/mol. The Morgan fingerprint density at radius 2 is 1.27 bits per heavy atom. The first-order chi connectivity index (χ1) is 25.4. The Morgan fingerprint density at radius 1 is 0.750 bits per heavy atom. The fraction of sp³-hybridized carbons (Fsp3) is 0.727. The number of carbonyl (C=O) groups is 3. The van der Waals surface area contributed by atoms with E-state index in [1.54, 1.807) is 0 Å². The molecule has 0 aromatic heterocycles. The Balaban J connectivity index is 0.939. The van der Waals surface area contributed by atoms with E-state index in [4.69, 9.17) is 42.6 Å². The highest BCUT2D eigenvalue weighted by Crippen LogP contribution is 2.33. The molecule has 2 aliphatic rings. The molecule has 3 atom stereocenters. The third-order valence-corrected chi connectivity index (χ3v) is 9.09. The molecule has 0 saturated carbocycles. The van der Waals surface area contributed by atoms with E-state index in [2.05, 4.69) is 16.0 Å². The molecule has 294 valence electrons. The predicted octanol–water partition coefficient (Wildman–Crippen LogP) is 2.07. The number of urea groups is 1. The van der Waals surface area contributed by atoms with Crippen LogP contribution in [-0.2, 0) is 42.7 Å². The molecule has 0 radical (unpaired) electrons. The van der Waals surface area contributed by atoms with Crippen molar-refractivity contribution in [2.75, 3.05) is 111 Å². The molecule has 1 aromatic carbocycles. The number of unbranched alkanes of at least 4 members (excludes halogenated alkanes) is 1. The summed E-state index contributed by atoms with van der Waals surface area (Å²) in [5, 5.41) is 19.9. The zero-order valence-electron chi connectivity index (χ0n) is 29.5. The van der Waals surface area contributed by atoms with Crippen molar-refractivity contribution in [3.8, 4) is 5.75 Å². The van der Waals surface area contributed by atoms with E-state index in [1.807, 2.05) is 11.8 Å². The second kappa shape index (κ2) is 27.3. The van der Waals surface area contributed by atoms with E-state index < -0.39 is 11.1 Å². The van der Waals surface area contributed by atoms with Gasteiger partial charge in [-0.2, -0.15) is 11.8 Å². The van der Waals surface area contributed by atoms with E-state index in [-0.39, 0.29) is 48.7 Å². The van der Waals surface area contributed by atoms with Crippen molar-refractivity contribution in [3.05, 3.63) is 34.4 Å². The van der Waals surface area contributed by atoms with Gasteiger partial charge in [0.2, 0.25) is 5.91 Å². The molecule has 2 heterocycles. The smallest absolute Gasteiger partial charge is 0.432 e. The van der Waals surface area contributed by atoms with Gasteiger partial charge in [-0.25, -0.2) is 9.59 Å². The van der Waals surface area contributed by atoms with Crippen molar-refractivity contribution in [2.45, 2.75) is 43.0 Å². The molecule has 2 aliphatic heterocycles. The van der Waals surface area contributed by atoms with Crippen LogP contribution in [0.15, 0.2) is 24.3 Å². The number of nitrogens with zero attached hydrogens (tertiary/aromatic N) is 1. The second-order valence-electron chi connectivity index (χ2n) is 11.5. The molecule has 0 spiro atoms. The summed E-state index contributed by atoms with van der Waals surface area (Å²) in [6.45, 7) is 6.08. The number of carbonyl (C=O) groups excluding carboxylic acids is 3. The lowest BCUT2D eigenvalue weighted by molar-refractivity contribution is -0.384. The Kier molecular flexibility index (Phi) is 22.7. The molecule has 3 amide bonds. The van der Waals surface area contributed by atoms with Gasteiger partial charge in [-0.1, -0.05) is 6.42 Å². The van der Waals surface area contributed by atoms with Crippen molar-refractivity contribution in [3.63, 3.8) is 0 Å². The number of fused-ring (bicyclic) bond motifs is 1. The fourth-order valence-electron chi connectivity index (χ4n) is 4.99. The molecule has 3 rings (SSSR count). The average Bonchev–Trinajstić information content (AvgIpc) is 3.69. The SMILES string of the molecule is O=C(CCCC[C@@H]1SC[C@@H]2NC(=O)N[C@@H]21)NCCOCCOCCOCCOCCOCCOCCOCCOC(=O)Oc1ccc([N+](=O)[O-])cc1. The first kappa shape index (κ1) is 43.1. The minimum Gasteiger partial charge on any atom is -0.432 e. The highest BCUT2D eigenvalue weighted by Gasteiger charge is 2.42. The van der Waals surface area contributed by atoms with E-state index in [0.717, 1.165) is 25.0 Å². The number of hydrogen-bond donors (Lipinski definition) is 3. The Labute approximate surface area is 307 Å². The molecule has 0 aliphatic carbocycles. The summed E-state index contributed by atoms with van der Waals surface area (Å²) in [4.78, 5) is 45.2. The predicted molar refractivity (Wildman–Crippen MR) is 188 cm³/mol. The van der Waals surface area contributed by atoms with Crippen LogP contribution in [0, 0.1) is 10.1 Å². The molecular formula is C33H52N4O14S. The van der Waals surface area contributed by atoms with Crippen LogP contribution < -0.4 is 20.7 Å². The minimum absolute atomic E-state index is 0.0136. The number of hydrogen-bond acceptors (Lipinski definition) is 15. The maximum absolute atomic E-state index is 12.0. The van der Waals surface area contributed by atoms with Gasteiger partial charge in [0.15, 0.2) is 0 Å². The molecule has 2 fully saturated rings. The van der Waals surface area contributed by atoms with Gasteiger partial charge in [-0.05, 0) is 25.0 Å². The van der Waals surface area contributed by atoms with Crippen LogP contribution in [-0.4, -0.2) is 152 Å². The third kappa shape index (κ3) is 19.5. The maximum Gasteiger partial charge on any atom is 0.513 e. The van der Waals surface area contributed by atoms with Gasteiger partial charge in [0.1, 0.15) is 12.4 Å². The topological polar surface area (TPSA) is 214 Å². The standard InChI is InChI=1S/C33H52N4O14S/c38-30(4-2-1-3-29-31-28(25-52-29)35-32(39)36-31)34-9-10-43-11-12-44-13-14-45-15-16-46-17-18-47-19-20-48-21-22-49-23-24-50-33(40)51-27-7-5-26(6-8-27)37(41)42/h5-8,28-29,31H,1-4,9-25H2,(H,34,38)(H2,35,36,39)/t28-,29-,31-/m0/s1. The van der Waals surface area contributed by atoms with Crippen LogP contribution in [0.1, 0.15) is 25.7 Å². The van der Waals surface area contributed by atoms with E-state index in [1.165, 1.54) is 24.3 Å². The van der Waals surface area contributed by atoms with Gasteiger partial charge in [0.25, 0.3) is 5.69 Å². The summed E-state index contributed by atoms with van der Waals surface area (Å²) in [5.41, 5.74) is -0.109. The van der Waals surface area contributed by atoms with Crippen molar-refractivity contribution in [1.29, 1.82) is 0 Å². The highest BCUT2D eigenvalue weighted by molar-refractivity contribution is 8.00. The molecule has 19 heteroatoms. The summed E-state index contributed by atoms with van der Waals surface area (Å²) in [7, 11) is 0. The van der Waals surface area contributed by atoms with E-state index in [9.17, 15) is 24.5 Å². The van der Waals surface area contributed by atoms with Crippen LogP contribution in [0.3, 0.4) is 0 Å². The second-order valence-corrected chi connectivity index (χ2v) is 12.7. The van der Waals surface area contributed by atoms with Gasteiger partial charge in [-0.3, -0.25) is 14.9 Å². The zero-order valence-corrected chi connectivity index (χ0v) is 30.3. The minimum atomic E-state index is -0.931. The summed E-state index contributed by atoms with van der Waals surface area (Å²) in [6, 6.07) is 5.44. The van der Waals surface area contributed by atoms with Gasteiger partial charge in [0.05, 0.1) is 110 Å². The number of rotatable bonds is 31. The van der Waals surface area contributed by atoms with Crippen molar-refractivity contribution < 1.29 is 61.9 Å². The molecular weight excluding hydrogens is 708 g/mol. The first-order valence-corrected chi connectivity index (χ1v) is 18.6. The monoisotopic (exact) mass is 760 g/mol. The summed E-state index contributed by atoms with van der Waals surface area (Å²) >= 11 is 1.89. The molecule has 0 unspecified atom stereocenters. The molecule has 18 nitrogen and oxygen atoms in total. The lowest BCUT2D eigenvalue weighted by Gasteiger charge is -2.16. The maximum atomic E-state index is 12.0. The van der Waals surface area contributed by atoms with Crippen LogP contribution in [0.4, 0.5) is 15.3 Å². The quantitative estimate of drug-likeness (QED) is 0.0247. The Morgan fingerprint density at radius 3 is 1.81 bits per heavy atom. The number of non-ortho nitro benzene ring substituents is 1. The van der Waals surface area contributed by atoms with Crippen LogP contribution in [0.2, 0.25) is 0 Å². The number of nitro benzene ring substituents is 1. The molecule has 1 aromatic rings. The van der Waals surface area contributed by atoms with Crippen molar-refractivity contribution >= 4 is 35.5 Å². The number of nitrogens with one attached hydrogen (secondary N) is 3. The normalized spacial score (nSPS) is 17.7. The zero-order chi connectivity index (χ0) is 37.1. The van der Waals surface area contributed by atoms with Crippen LogP contribution >= 0.6 is 11.8 Å². The van der Waals surface area contributed by atoms with Crippen molar-refractivity contribution in [1.82, 2.24) is 16.0 Å². The third-order valence-electron chi connectivity index (χ3n) is 7.58. The van der Waals surface area contributed by atoms with Crippen molar-refractivity contribution in [2.24, 2.45) is 0 Å². The number of ether oxygens (including phenoxy) is 9. The van der Waals surface area contributed by atoms with Crippen LogP contribution in [0.5, 0.6) is 5.75 Å². The number of thioether (sulfide) groups is 1. The van der Waals surface area contributed by atoms with Crippen LogP contribution in [0.25, 0.3) is 0 Å².